The first kappa shape index (κ1) is 24.7. The molecular weight excluding hydrogens is 427 g/mol. The first-order valence-electron chi connectivity index (χ1n) is 9.45. The summed E-state index contributed by atoms with van der Waals surface area (Å²) in [6, 6.07) is 0. The fraction of sp³-hybridized carbons (Fsp3) is 0.842. The Kier molecular flexibility index (Phi) is 15.7. The van der Waals surface area contributed by atoms with Gasteiger partial charge in [0.05, 0.1) is 6.61 Å². The van der Waals surface area contributed by atoms with E-state index in [1.54, 1.807) is 7.11 Å². The third kappa shape index (κ3) is 11.1. The summed E-state index contributed by atoms with van der Waals surface area (Å²) in [5.41, 5.74) is 0. The molecule has 0 amide bonds. The van der Waals surface area contributed by atoms with Gasteiger partial charge < -0.3 is 19.9 Å². The van der Waals surface area contributed by atoms with Crippen LogP contribution >= 0.6 is 24.0 Å². The van der Waals surface area contributed by atoms with Crippen molar-refractivity contribution in [2.24, 2.45) is 10.9 Å². The van der Waals surface area contributed by atoms with Crippen molar-refractivity contribution in [2.45, 2.75) is 38.5 Å². The minimum absolute atomic E-state index is 0. The number of piperidine rings is 1. The second-order valence-electron chi connectivity index (χ2n) is 6.77. The zero-order chi connectivity index (χ0) is 17.6. The van der Waals surface area contributed by atoms with Crippen LogP contribution in [0.25, 0.3) is 0 Å². The highest BCUT2D eigenvalue weighted by Gasteiger charge is 2.19. The molecule has 0 aromatic heterocycles. The van der Waals surface area contributed by atoms with E-state index in [4.69, 9.17) is 4.74 Å². The standard InChI is InChI=1S/C19H38N4O.HI/c1-5-6-7-8-9-12-22(3)19(20-2)21-17-18-10-13-23(14-11-18)15-16-24-4;/h5,18H,1,6-17H2,2-4H3,(H,20,21);1H. The van der Waals surface area contributed by atoms with Gasteiger partial charge in [-0.3, -0.25) is 4.99 Å². The Morgan fingerprint density at radius 3 is 2.64 bits per heavy atom. The number of allylic oxidation sites excluding steroid dienone is 1. The molecule has 6 heteroatoms. The molecule has 0 aliphatic carbocycles. The van der Waals surface area contributed by atoms with Crippen molar-refractivity contribution in [1.82, 2.24) is 15.1 Å². The SMILES string of the molecule is C=CCCCCCN(C)C(=NC)NCC1CCN(CCOC)CC1.I. The van der Waals surface area contributed by atoms with E-state index in [2.05, 4.69) is 33.7 Å². The molecule has 0 aromatic carbocycles. The molecule has 0 radical (unpaired) electrons. The highest BCUT2D eigenvalue weighted by atomic mass is 127. The van der Waals surface area contributed by atoms with Crippen LogP contribution in [-0.2, 0) is 4.74 Å². The lowest BCUT2D eigenvalue weighted by molar-refractivity contribution is 0.120. The number of aliphatic imine (C=N–C) groups is 1. The fourth-order valence-corrected chi connectivity index (χ4v) is 3.18. The van der Waals surface area contributed by atoms with Crippen molar-refractivity contribution in [1.29, 1.82) is 0 Å². The summed E-state index contributed by atoms with van der Waals surface area (Å²) in [4.78, 5) is 9.19. The smallest absolute Gasteiger partial charge is 0.193 e. The summed E-state index contributed by atoms with van der Waals surface area (Å²) in [5, 5.41) is 3.57. The largest absolute Gasteiger partial charge is 0.383 e. The summed E-state index contributed by atoms with van der Waals surface area (Å²) in [6.07, 6.45) is 9.36. The number of likely N-dealkylation sites (tertiary alicyclic amines) is 1. The zero-order valence-corrected chi connectivity index (χ0v) is 18.8. The number of unbranched alkanes of at least 4 members (excludes halogenated alkanes) is 3. The van der Waals surface area contributed by atoms with Crippen molar-refractivity contribution >= 4 is 29.9 Å². The first-order chi connectivity index (χ1) is 11.7. The van der Waals surface area contributed by atoms with Crippen molar-refractivity contribution in [3.8, 4) is 0 Å². The van der Waals surface area contributed by atoms with Gasteiger partial charge in [-0.15, -0.1) is 30.6 Å². The van der Waals surface area contributed by atoms with Crippen LogP contribution in [0.4, 0.5) is 0 Å². The van der Waals surface area contributed by atoms with Crippen LogP contribution in [0.2, 0.25) is 0 Å². The molecule has 5 nitrogen and oxygen atoms in total. The summed E-state index contributed by atoms with van der Waals surface area (Å²) < 4.78 is 5.16. The number of guanidine groups is 1. The lowest BCUT2D eigenvalue weighted by atomic mass is 9.97. The Morgan fingerprint density at radius 2 is 2.04 bits per heavy atom. The minimum atomic E-state index is 0. The molecule has 1 fully saturated rings. The first-order valence-corrected chi connectivity index (χ1v) is 9.45. The number of rotatable bonds is 11. The van der Waals surface area contributed by atoms with Crippen LogP contribution in [0.1, 0.15) is 38.5 Å². The van der Waals surface area contributed by atoms with Crippen molar-refractivity contribution in [2.75, 3.05) is 60.5 Å². The highest BCUT2D eigenvalue weighted by molar-refractivity contribution is 14.0. The van der Waals surface area contributed by atoms with Crippen LogP contribution in [-0.4, -0.2) is 76.3 Å². The van der Waals surface area contributed by atoms with E-state index in [0.29, 0.717) is 0 Å². The number of halogens is 1. The molecule has 148 valence electrons. The summed E-state index contributed by atoms with van der Waals surface area (Å²) in [7, 11) is 5.79. The van der Waals surface area contributed by atoms with Gasteiger partial charge in [0.25, 0.3) is 0 Å². The third-order valence-corrected chi connectivity index (χ3v) is 4.84. The van der Waals surface area contributed by atoms with Gasteiger partial charge in [-0.05, 0) is 51.1 Å². The summed E-state index contributed by atoms with van der Waals surface area (Å²) in [6.45, 7) is 10.1. The lowest BCUT2D eigenvalue weighted by Gasteiger charge is -2.32. The highest BCUT2D eigenvalue weighted by Crippen LogP contribution is 2.16. The molecule has 1 aliphatic heterocycles. The Morgan fingerprint density at radius 1 is 1.32 bits per heavy atom. The molecule has 0 saturated carbocycles. The third-order valence-electron chi connectivity index (χ3n) is 4.84. The van der Waals surface area contributed by atoms with Gasteiger partial charge in [-0.1, -0.05) is 12.5 Å². The number of nitrogens with zero attached hydrogens (tertiary/aromatic N) is 3. The molecule has 0 bridgehead atoms. The predicted molar refractivity (Wildman–Crippen MR) is 119 cm³/mol. The topological polar surface area (TPSA) is 40.1 Å². The maximum Gasteiger partial charge on any atom is 0.193 e. The number of methoxy groups -OCH3 is 1. The molecule has 1 N–H and O–H groups in total. The maximum absolute atomic E-state index is 5.16. The van der Waals surface area contributed by atoms with Gasteiger partial charge in [0.2, 0.25) is 0 Å². The summed E-state index contributed by atoms with van der Waals surface area (Å²) >= 11 is 0. The van der Waals surface area contributed by atoms with Gasteiger partial charge in [0, 0.05) is 40.8 Å². The van der Waals surface area contributed by atoms with Crippen molar-refractivity contribution in [3.05, 3.63) is 12.7 Å². The number of ether oxygens (including phenoxy) is 1. The molecule has 1 aliphatic rings. The average molecular weight is 466 g/mol. The normalized spacial score (nSPS) is 16.4. The van der Waals surface area contributed by atoms with Crippen molar-refractivity contribution < 1.29 is 4.74 Å². The Bertz CT molecular complexity index is 357. The molecule has 1 heterocycles. The predicted octanol–water partition coefficient (Wildman–Crippen LogP) is 3.22. The van der Waals surface area contributed by atoms with Crippen LogP contribution < -0.4 is 5.32 Å². The van der Waals surface area contributed by atoms with E-state index in [9.17, 15) is 0 Å². The quantitative estimate of drug-likeness (QED) is 0.167. The molecule has 0 unspecified atom stereocenters. The average Bonchev–Trinajstić information content (AvgIpc) is 2.61. The van der Waals surface area contributed by atoms with Gasteiger partial charge in [0.15, 0.2) is 5.96 Å². The summed E-state index contributed by atoms with van der Waals surface area (Å²) in [5.74, 6) is 1.78. The monoisotopic (exact) mass is 466 g/mol. The molecular formula is C19H39IN4O. The van der Waals surface area contributed by atoms with E-state index in [1.165, 1.54) is 45.2 Å². The van der Waals surface area contributed by atoms with Crippen molar-refractivity contribution in [3.63, 3.8) is 0 Å². The van der Waals surface area contributed by atoms with E-state index in [1.807, 2.05) is 13.1 Å². The minimum Gasteiger partial charge on any atom is -0.383 e. The maximum atomic E-state index is 5.16. The molecule has 1 saturated heterocycles. The lowest BCUT2D eigenvalue weighted by Crippen LogP contribution is -2.44. The number of hydrogen-bond donors (Lipinski definition) is 1. The number of hydrogen-bond acceptors (Lipinski definition) is 3. The van der Waals surface area contributed by atoms with Crippen LogP contribution in [0.3, 0.4) is 0 Å². The van der Waals surface area contributed by atoms with E-state index in [-0.39, 0.29) is 24.0 Å². The van der Waals surface area contributed by atoms with E-state index >= 15 is 0 Å². The molecule has 0 aromatic rings. The van der Waals surface area contributed by atoms with Gasteiger partial charge in [-0.2, -0.15) is 0 Å². The Hall–Kier alpha value is -0.340. The van der Waals surface area contributed by atoms with Gasteiger partial charge in [-0.25, -0.2) is 0 Å². The second-order valence-corrected chi connectivity index (χ2v) is 6.77. The zero-order valence-electron chi connectivity index (χ0n) is 16.5. The number of nitrogens with one attached hydrogen (secondary N) is 1. The van der Waals surface area contributed by atoms with E-state index in [0.717, 1.165) is 44.5 Å². The van der Waals surface area contributed by atoms with Crippen LogP contribution in [0.15, 0.2) is 17.6 Å². The van der Waals surface area contributed by atoms with E-state index < -0.39 is 0 Å². The second kappa shape index (κ2) is 15.9. The van der Waals surface area contributed by atoms with Crippen LogP contribution in [0, 0.1) is 5.92 Å². The Labute approximate surface area is 172 Å². The molecule has 25 heavy (non-hydrogen) atoms. The molecule has 1 rings (SSSR count). The molecule has 0 atom stereocenters. The van der Waals surface area contributed by atoms with Gasteiger partial charge in [0.1, 0.15) is 0 Å². The molecule has 0 spiro atoms. The van der Waals surface area contributed by atoms with Gasteiger partial charge >= 0.3 is 0 Å². The fourth-order valence-electron chi connectivity index (χ4n) is 3.18. The Balaban J connectivity index is 0.00000576. The van der Waals surface area contributed by atoms with Crippen LogP contribution in [0.5, 0.6) is 0 Å².